The summed E-state index contributed by atoms with van der Waals surface area (Å²) in [6, 6.07) is 0.683. The van der Waals surface area contributed by atoms with Crippen LogP contribution in [0, 0.1) is 5.92 Å². The van der Waals surface area contributed by atoms with Crippen molar-refractivity contribution in [2.45, 2.75) is 25.3 Å². The van der Waals surface area contributed by atoms with Gasteiger partial charge in [0.1, 0.15) is 0 Å². The van der Waals surface area contributed by atoms with Gasteiger partial charge in [0.15, 0.2) is 0 Å². The number of hydrogen-bond donors (Lipinski definition) is 1. The second-order valence-electron chi connectivity index (χ2n) is 3.33. The van der Waals surface area contributed by atoms with Gasteiger partial charge in [-0.2, -0.15) is 0 Å². The van der Waals surface area contributed by atoms with Crippen LogP contribution in [0.5, 0.6) is 0 Å². The van der Waals surface area contributed by atoms with Crippen molar-refractivity contribution >= 4 is 12.4 Å². The Morgan fingerprint density at radius 3 is 2.55 bits per heavy atom. The van der Waals surface area contributed by atoms with E-state index in [1.807, 2.05) is 0 Å². The zero-order valence-electron chi connectivity index (χ0n) is 6.71. The maximum Gasteiger partial charge on any atom is 0.0622 e. The fourth-order valence-electron chi connectivity index (χ4n) is 1.73. The minimum absolute atomic E-state index is 0. The van der Waals surface area contributed by atoms with Crippen LogP contribution in [-0.2, 0) is 4.74 Å². The maximum absolute atomic E-state index is 5.38. The summed E-state index contributed by atoms with van der Waals surface area (Å²) in [7, 11) is 0. The lowest BCUT2D eigenvalue weighted by atomic mass is 9.80. The Morgan fingerprint density at radius 1 is 1.27 bits per heavy atom. The van der Waals surface area contributed by atoms with Crippen LogP contribution in [0.4, 0.5) is 0 Å². The molecular weight excluding hydrogens is 162 g/mol. The SMILES string of the molecule is C1CC(C2COCCN2)C1.Cl. The quantitative estimate of drug-likeness (QED) is 0.650. The Bertz CT molecular complexity index is 111. The van der Waals surface area contributed by atoms with Crippen molar-refractivity contribution in [2.75, 3.05) is 19.8 Å². The van der Waals surface area contributed by atoms with E-state index in [0.717, 1.165) is 25.7 Å². The largest absolute Gasteiger partial charge is 0.379 e. The maximum atomic E-state index is 5.38. The second kappa shape index (κ2) is 4.29. The summed E-state index contributed by atoms with van der Waals surface area (Å²) in [5.74, 6) is 0.931. The topological polar surface area (TPSA) is 21.3 Å². The Morgan fingerprint density at radius 2 is 2.09 bits per heavy atom. The summed E-state index contributed by atoms with van der Waals surface area (Å²) in [6.45, 7) is 2.91. The highest BCUT2D eigenvalue weighted by atomic mass is 35.5. The molecule has 1 atom stereocenters. The number of ether oxygens (including phenoxy) is 1. The molecule has 2 rings (SSSR count). The first-order valence-electron chi connectivity index (χ1n) is 4.28. The van der Waals surface area contributed by atoms with E-state index in [-0.39, 0.29) is 12.4 Å². The predicted octanol–water partition coefficient (Wildman–Crippen LogP) is 1.20. The standard InChI is InChI=1S/C8H15NO.ClH/c1-2-7(3-1)8-6-10-5-4-9-8;/h7-9H,1-6H2;1H. The van der Waals surface area contributed by atoms with E-state index in [1.54, 1.807) is 0 Å². The second-order valence-corrected chi connectivity index (χ2v) is 3.33. The summed E-state index contributed by atoms with van der Waals surface area (Å²) in [4.78, 5) is 0. The molecule has 66 valence electrons. The van der Waals surface area contributed by atoms with Crippen LogP contribution in [0.2, 0.25) is 0 Å². The van der Waals surface area contributed by atoms with Gasteiger partial charge >= 0.3 is 0 Å². The molecule has 0 spiro atoms. The van der Waals surface area contributed by atoms with E-state index in [2.05, 4.69) is 5.32 Å². The zero-order chi connectivity index (χ0) is 6.81. The molecule has 0 radical (unpaired) electrons. The van der Waals surface area contributed by atoms with Gasteiger partial charge in [-0.05, 0) is 18.8 Å². The number of halogens is 1. The third kappa shape index (κ3) is 2.08. The lowest BCUT2D eigenvalue weighted by Gasteiger charge is -2.36. The molecule has 0 aromatic rings. The van der Waals surface area contributed by atoms with Crippen LogP contribution >= 0.6 is 12.4 Å². The number of nitrogens with one attached hydrogen (secondary N) is 1. The van der Waals surface area contributed by atoms with Crippen molar-refractivity contribution in [3.8, 4) is 0 Å². The number of hydrogen-bond acceptors (Lipinski definition) is 2. The summed E-state index contributed by atoms with van der Waals surface area (Å²) in [6.07, 6.45) is 4.27. The van der Waals surface area contributed by atoms with Gasteiger partial charge in [-0.3, -0.25) is 0 Å². The Balaban J connectivity index is 0.000000605. The van der Waals surface area contributed by atoms with E-state index in [1.165, 1.54) is 19.3 Å². The fourth-order valence-corrected chi connectivity index (χ4v) is 1.73. The summed E-state index contributed by atoms with van der Waals surface area (Å²) < 4.78 is 5.38. The Kier molecular flexibility index (Phi) is 3.63. The Labute approximate surface area is 74.1 Å². The van der Waals surface area contributed by atoms with Crippen LogP contribution in [0.1, 0.15) is 19.3 Å². The van der Waals surface area contributed by atoms with Crippen molar-refractivity contribution in [1.29, 1.82) is 0 Å². The van der Waals surface area contributed by atoms with Crippen molar-refractivity contribution in [2.24, 2.45) is 5.92 Å². The molecule has 2 fully saturated rings. The van der Waals surface area contributed by atoms with Gasteiger partial charge in [0, 0.05) is 12.6 Å². The van der Waals surface area contributed by atoms with Gasteiger partial charge in [-0.25, -0.2) is 0 Å². The lowest BCUT2D eigenvalue weighted by molar-refractivity contribution is 0.0397. The number of morpholine rings is 1. The first kappa shape index (κ1) is 9.30. The molecule has 0 amide bonds. The molecule has 1 saturated heterocycles. The van der Waals surface area contributed by atoms with E-state index in [4.69, 9.17) is 4.74 Å². The van der Waals surface area contributed by atoms with Gasteiger partial charge in [-0.15, -0.1) is 12.4 Å². The van der Waals surface area contributed by atoms with Crippen LogP contribution < -0.4 is 5.32 Å². The highest BCUT2D eigenvalue weighted by molar-refractivity contribution is 5.85. The molecule has 3 heteroatoms. The first-order valence-corrected chi connectivity index (χ1v) is 4.28. The fraction of sp³-hybridized carbons (Fsp3) is 1.00. The van der Waals surface area contributed by atoms with E-state index >= 15 is 0 Å². The van der Waals surface area contributed by atoms with Crippen LogP contribution in [0.15, 0.2) is 0 Å². The molecule has 0 aromatic carbocycles. The molecule has 2 nitrogen and oxygen atoms in total. The predicted molar refractivity (Wildman–Crippen MR) is 47.2 cm³/mol. The normalized spacial score (nSPS) is 32.2. The minimum atomic E-state index is 0. The molecule has 1 aliphatic carbocycles. The molecule has 0 bridgehead atoms. The molecule has 11 heavy (non-hydrogen) atoms. The third-order valence-corrected chi connectivity index (χ3v) is 2.67. The van der Waals surface area contributed by atoms with Gasteiger partial charge < -0.3 is 10.1 Å². The molecule has 0 aromatic heterocycles. The van der Waals surface area contributed by atoms with E-state index in [9.17, 15) is 0 Å². The van der Waals surface area contributed by atoms with Gasteiger partial charge in [-0.1, -0.05) is 6.42 Å². The molecular formula is C8H16ClNO. The smallest absolute Gasteiger partial charge is 0.0622 e. The van der Waals surface area contributed by atoms with Gasteiger partial charge in [0.2, 0.25) is 0 Å². The van der Waals surface area contributed by atoms with Gasteiger partial charge in [0.25, 0.3) is 0 Å². The number of rotatable bonds is 1. The highest BCUT2D eigenvalue weighted by Crippen LogP contribution is 2.30. The van der Waals surface area contributed by atoms with Crippen molar-refractivity contribution in [1.82, 2.24) is 5.32 Å². The highest BCUT2D eigenvalue weighted by Gasteiger charge is 2.28. The summed E-state index contributed by atoms with van der Waals surface area (Å²) in [5, 5.41) is 3.50. The molecule has 1 saturated carbocycles. The molecule has 1 unspecified atom stereocenters. The molecule has 1 aliphatic heterocycles. The molecule has 1 N–H and O–H groups in total. The summed E-state index contributed by atoms with van der Waals surface area (Å²) >= 11 is 0. The average Bonchev–Trinajstić information content (AvgIpc) is 1.86. The average molecular weight is 178 g/mol. The lowest BCUT2D eigenvalue weighted by Crippen LogP contribution is -2.47. The van der Waals surface area contributed by atoms with E-state index < -0.39 is 0 Å². The van der Waals surface area contributed by atoms with E-state index in [0.29, 0.717) is 6.04 Å². The van der Waals surface area contributed by atoms with Crippen molar-refractivity contribution < 1.29 is 4.74 Å². The molecule has 1 heterocycles. The van der Waals surface area contributed by atoms with Gasteiger partial charge in [0.05, 0.1) is 13.2 Å². The monoisotopic (exact) mass is 177 g/mol. The van der Waals surface area contributed by atoms with Crippen molar-refractivity contribution in [3.05, 3.63) is 0 Å². The molecule has 2 aliphatic rings. The van der Waals surface area contributed by atoms with Crippen LogP contribution in [0.25, 0.3) is 0 Å². The Hall–Kier alpha value is 0.210. The third-order valence-electron chi connectivity index (χ3n) is 2.67. The minimum Gasteiger partial charge on any atom is -0.379 e. The first-order chi connectivity index (χ1) is 4.97. The van der Waals surface area contributed by atoms with Crippen LogP contribution in [-0.4, -0.2) is 25.8 Å². The zero-order valence-corrected chi connectivity index (χ0v) is 7.53. The summed E-state index contributed by atoms with van der Waals surface area (Å²) in [5.41, 5.74) is 0. The van der Waals surface area contributed by atoms with Crippen LogP contribution in [0.3, 0.4) is 0 Å². The van der Waals surface area contributed by atoms with Crippen molar-refractivity contribution in [3.63, 3.8) is 0 Å².